The van der Waals surface area contributed by atoms with Crippen LogP contribution in [0.25, 0.3) is 0 Å². The predicted octanol–water partition coefficient (Wildman–Crippen LogP) is 3.20. The molecule has 0 bridgehead atoms. The lowest BCUT2D eigenvalue weighted by molar-refractivity contribution is 0.101. The van der Waals surface area contributed by atoms with Crippen LogP contribution >= 0.6 is 11.3 Å². The number of nitrogens with one attached hydrogen (secondary N) is 1. The molecule has 0 aliphatic carbocycles. The largest absolute Gasteiger partial charge is 0.357 e. The Labute approximate surface area is 133 Å². The molecule has 3 rings (SSSR count). The van der Waals surface area contributed by atoms with Crippen LogP contribution in [0.1, 0.15) is 39.1 Å². The number of nitrogens with zero attached hydrogens (tertiary/aromatic N) is 2. The number of amides is 1. The van der Waals surface area contributed by atoms with Crippen molar-refractivity contribution in [3.05, 3.63) is 40.2 Å². The summed E-state index contributed by atoms with van der Waals surface area (Å²) in [6, 6.07) is 7.13. The molecule has 0 spiro atoms. The minimum atomic E-state index is -0.215. The summed E-state index contributed by atoms with van der Waals surface area (Å²) in [5.74, 6) is 0.708. The molecule has 1 aliphatic heterocycles. The van der Waals surface area contributed by atoms with Crippen LogP contribution in [-0.2, 0) is 0 Å². The molecule has 1 amide bonds. The fraction of sp³-hybridized carbons (Fsp3) is 0.312. The lowest BCUT2D eigenvalue weighted by Gasteiger charge is -2.16. The number of ketones is 1. The van der Waals surface area contributed by atoms with E-state index in [1.165, 1.54) is 31.1 Å². The maximum Gasteiger partial charge on any atom is 0.265 e. The normalized spacial score (nSPS) is 14.1. The summed E-state index contributed by atoms with van der Waals surface area (Å²) in [6.45, 7) is 3.58. The quantitative estimate of drug-likeness (QED) is 0.880. The number of aromatic nitrogens is 1. The van der Waals surface area contributed by atoms with Gasteiger partial charge in [-0.1, -0.05) is 0 Å². The van der Waals surface area contributed by atoms with Crippen molar-refractivity contribution >= 4 is 34.5 Å². The summed E-state index contributed by atoms with van der Waals surface area (Å²) in [4.78, 5) is 31.2. The molecule has 0 atom stereocenters. The molecular weight excluding hydrogens is 298 g/mol. The Bertz CT molecular complexity index is 688. The Kier molecular flexibility index (Phi) is 4.20. The molecule has 6 heteroatoms. The van der Waals surface area contributed by atoms with Crippen LogP contribution in [0.15, 0.2) is 30.5 Å². The smallest absolute Gasteiger partial charge is 0.265 e. The molecule has 1 N–H and O–H groups in total. The van der Waals surface area contributed by atoms with Gasteiger partial charge in [0.1, 0.15) is 5.82 Å². The van der Waals surface area contributed by atoms with E-state index in [4.69, 9.17) is 0 Å². The van der Waals surface area contributed by atoms with Crippen molar-refractivity contribution in [1.29, 1.82) is 0 Å². The topological polar surface area (TPSA) is 62.3 Å². The van der Waals surface area contributed by atoms with Gasteiger partial charge in [-0.25, -0.2) is 4.98 Å². The van der Waals surface area contributed by atoms with Crippen molar-refractivity contribution in [3.63, 3.8) is 0 Å². The van der Waals surface area contributed by atoms with Crippen molar-refractivity contribution in [1.82, 2.24) is 4.98 Å². The molecular formula is C16H17N3O2S. The molecule has 114 valence electrons. The van der Waals surface area contributed by atoms with Crippen molar-refractivity contribution < 1.29 is 9.59 Å². The first-order valence-electron chi connectivity index (χ1n) is 7.26. The van der Waals surface area contributed by atoms with Gasteiger partial charge in [0, 0.05) is 13.1 Å². The predicted molar refractivity (Wildman–Crippen MR) is 88.0 cm³/mol. The molecule has 2 aromatic rings. The number of hydrogen-bond donors (Lipinski definition) is 1. The van der Waals surface area contributed by atoms with E-state index >= 15 is 0 Å². The van der Waals surface area contributed by atoms with Crippen molar-refractivity contribution in [2.75, 3.05) is 23.3 Å². The van der Waals surface area contributed by atoms with E-state index in [-0.39, 0.29) is 11.7 Å². The second-order valence-electron chi connectivity index (χ2n) is 5.27. The van der Waals surface area contributed by atoms with E-state index in [0.717, 1.165) is 18.9 Å². The van der Waals surface area contributed by atoms with Crippen LogP contribution in [0.5, 0.6) is 0 Å². The van der Waals surface area contributed by atoms with E-state index in [0.29, 0.717) is 15.4 Å². The summed E-state index contributed by atoms with van der Waals surface area (Å²) in [7, 11) is 0. The van der Waals surface area contributed by atoms with E-state index < -0.39 is 0 Å². The number of Topliss-reactive ketones (excluding diaryl/α,β-unsaturated/α-hetero) is 1. The summed E-state index contributed by atoms with van der Waals surface area (Å²) < 4.78 is 0. The summed E-state index contributed by atoms with van der Waals surface area (Å²) in [5.41, 5.74) is 0.658. The third-order valence-electron chi connectivity index (χ3n) is 3.61. The van der Waals surface area contributed by atoms with Crippen LogP contribution < -0.4 is 10.2 Å². The third-order valence-corrected chi connectivity index (χ3v) is 4.80. The lowest BCUT2D eigenvalue weighted by Crippen LogP contribution is -2.19. The number of hydrogen-bond acceptors (Lipinski definition) is 5. The highest BCUT2D eigenvalue weighted by Crippen LogP contribution is 2.21. The first kappa shape index (κ1) is 14.7. The maximum atomic E-state index is 12.1. The van der Waals surface area contributed by atoms with Gasteiger partial charge in [0.2, 0.25) is 0 Å². The van der Waals surface area contributed by atoms with Crippen LogP contribution in [0.4, 0.5) is 11.5 Å². The highest BCUT2D eigenvalue weighted by Gasteiger charge is 2.14. The molecule has 0 aromatic carbocycles. The Hall–Kier alpha value is -2.21. The van der Waals surface area contributed by atoms with Crippen molar-refractivity contribution in [2.45, 2.75) is 19.8 Å². The molecule has 2 aromatic heterocycles. The molecule has 0 radical (unpaired) electrons. The van der Waals surface area contributed by atoms with Gasteiger partial charge in [-0.3, -0.25) is 9.59 Å². The second-order valence-corrected chi connectivity index (χ2v) is 6.36. The molecule has 0 saturated carbocycles. The van der Waals surface area contributed by atoms with Crippen molar-refractivity contribution in [2.24, 2.45) is 0 Å². The van der Waals surface area contributed by atoms with Gasteiger partial charge in [0.05, 0.1) is 21.6 Å². The number of carbonyl (C=O) groups is 2. The van der Waals surface area contributed by atoms with Crippen LogP contribution in [0.3, 0.4) is 0 Å². The zero-order chi connectivity index (χ0) is 15.5. The number of pyridine rings is 1. The molecule has 5 nitrogen and oxygen atoms in total. The second kappa shape index (κ2) is 6.27. The Morgan fingerprint density at radius 2 is 1.86 bits per heavy atom. The lowest BCUT2D eigenvalue weighted by atomic mass is 10.3. The van der Waals surface area contributed by atoms with Gasteiger partial charge < -0.3 is 10.2 Å². The molecule has 3 heterocycles. The molecule has 1 aliphatic rings. The van der Waals surface area contributed by atoms with Gasteiger partial charge in [0.15, 0.2) is 5.78 Å². The van der Waals surface area contributed by atoms with E-state index in [1.54, 1.807) is 18.3 Å². The fourth-order valence-electron chi connectivity index (χ4n) is 2.44. The first-order chi connectivity index (χ1) is 10.6. The minimum Gasteiger partial charge on any atom is -0.357 e. The summed E-state index contributed by atoms with van der Waals surface area (Å²) in [5, 5.41) is 2.81. The third kappa shape index (κ3) is 3.17. The Morgan fingerprint density at radius 1 is 1.14 bits per heavy atom. The standard InChI is InChI=1S/C16H17N3O2S/c1-11(20)13-5-6-14(22-13)16(21)18-12-4-7-15(17-10-12)19-8-2-3-9-19/h4-7,10H,2-3,8-9H2,1H3,(H,18,21). The highest BCUT2D eigenvalue weighted by molar-refractivity contribution is 7.16. The Balaban J connectivity index is 1.66. The van der Waals surface area contributed by atoms with E-state index in [2.05, 4.69) is 15.2 Å². The molecule has 0 unspecified atom stereocenters. The first-order valence-corrected chi connectivity index (χ1v) is 8.08. The van der Waals surface area contributed by atoms with Gasteiger partial charge >= 0.3 is 0 Å². The average molecular weight is 315 g/mol. The summed E-state index contributed by atoms with van der Waals surface area (Å²) >= 11 is 1.20. The molecule has 1 fully saturated rings. The minimum absolute atomic E-state index is 0.0271. The zero-order valence-corrected chi connectivity index (χ0v) is 13.2. The van der Waals surface area contributed by atoms with E-state index in [9.17, 15) is 9.59 Å². The number of anilines is 2. The number of carbonyl (C=O) groups excluding carboxylic acids is 2. The summed E-state index contributed by atoms with van der Waals surface area (Å²) in [6.07, 6.45) is 4.08. The van der Waals surface area contributed by atoms with Crippen LogP contribution in [-0.4, -0.2) is 29.8 Å². The van der Waals surface area contributed by atoms with Gasteiger partial charge in [-0.2, -0.15) is 0 Å². The van der Waals surface area contributed by atoms with Crippen molar-refractivity contribution in [3.8, 4) is 0 Å². The SMILES string of the molecule is CC(=O)c1ccc(C(=O)Nc2ccc(N3CCCC3)nc2)s1. The highest BCUT2D eigenvalue weighted by atomic mass is 32.1. The average Bonchev–Trinajstić information content (AvgIpc) is 3.20. The van der Waals surface area contributed by atoms with Gasteiger partial charge in [-0.15, -0.1) is 11.3 Å². The molecule has 1 saturated heterocycles. The molecule has 22 heavy (non-hydrogen) atoms. The monoisotopic (exact) mass is 315 g/mol. The van der Waals surface area contributed by atoms with Gasteiger partial charge in [-0.05, 0) is 44.0 Å². The van der Waals surface area contributed by atoms with Crippen LogP contribution in [0, 0.1) is 0 Å². The fourth-order valence-corrected chi connectivity index (χ4v) is 3.23. The maximum absolute atomic E-state index is 12.1. The number of rotatable bonds is 4. The van der Waals surface area contributed by atoms with Gasteiger partial charge in [0.25, 0.3) is 5.91 Å². The zero-order valence-electron chi connectivity index (χ0n) is 12.3. The number of thiophene rings is 1. The van der Waals surface area contributed by atoms with Crippen LogP contribution in [0.2, 0.25) is 0 Å². The van der Waals surface area contributed by atoms with E-state index in [1.807, 2.05) is 12.1 Å². The Morgan fingerprint density at radius 3 is 2.45 bits per heavy atom.